The summed E-state index contributed by atoms with van der Waals surface area (Å²) in [5.41, 5.74) is 0. The molecule has 0 aromatic heterocycles. The van der Waals surface area contributed by atoms with Gasteiger partial charge in [-0.3, -0.25) is 4.79 Å². The highest BCUT2D eigenvalue weighted by Gasteiger charge is 2.18. The number of nitrogens with one attached hydrogen (secondary N) is 1. The Morgan fingerprint density at radius 1 is 1.31 bits per heavy atom. The fraction of sp³-hybridized carbons (Fsp3) is 0.818. The molecule has 0 unspecified atom stereocenters. The summed E-state index contributed by atoms with van der Waals surface area (Å²) in [6.45, 7) is 6.04. The Morgan fingerprint density at radius 3 is 2.38 bits per heavy atom. The second kappa shape index (κ2) is 7.96. The van der Waals surface area contributed by atoms with Crippen LogP contribution >= 0.6 is 0 Å². The van der Waals surface area contributed by atoms with Gasteiger partial charge in [-0.2, -0.15) is 0 Å². The van der Waals surface area contributed by atoms with Gasteiger partial charge in [-0.1, -0.05) is 19.8 Å². The smallest absolute Gasteiger partial charge is 0.323 e. The first-order valence-electron chi connectivity index (χ1n) is 5.75. The van der Waals surface area contributed by atoms with Crippen LogP contribution in [0.3, 0.4) is 0 Å². The monoisotopic (exact) mass is 230 g/mol. The zero-order valence-corrected chi connectivity index (χ0v) is 10.3. The Kier molecular flexibility index (Phi) is 7.33. The molecule has 0 radical (unpaired) electrons. The molecule has 0 aliphatic heterocycles. The number of carbonyl (C=O) groups is 2. The van der Waals surface area contributed by atoms with Crippen molar-refractivity contribution in [2.45, 2.75) is 46.1 Å². The van der Waals surface area contributed by atoms with Crippen molar-refractivity contribution in [1.82, 2.24) is 10.2 Å². The second-order valence-corrected chi connectivity index (χ2v) is 4.05. The number of hydrogen-bond acceptors (Lipinski definition) is 2. The molecule has 2 N–H and O–H groups in total. The molecular weight excluding hydrogens is 208 g/mol. The van der Waals surface area contributed by atoms with Crippen LogP contribution in [0.15, 0.2) is 0 Å². The third-order valence-electron chi connectivity index (χ3n) is 2.25. The minimum Gasteiger partial charge on any atom is -0.480 e. The number of unbranched alkanes of at least 4 members (excludes halogenated alkanes) is 2. The van der Waals surface area contributed by atoms with Crippen LogP contribution in [-0.4, -0.2) is 41.1 Å². The lowest BCUT2D eigenvalue weighted by atomic mass is 10.2. The first-order valence-corrected chi connectivity index (χ1v) is 5.75. The topological polar surface area (TPSA) is 69.6 Å². The third-order valence-corrected chi connectivity index (χ3v) is 2.25. The molecule has 0 spiro atoms. The highest BCUT2D eigenvalue weighted by atomic mass is 16.4. The number of carboxylic acids is 1. The van der Waals surface area contributed by atoms with Crippen LogP contribution in [-0.2, 0) is 4.79 Å². The van der Waals surface area contributed by atoms with E-state index in [1.807, 2.05) is 0 Å². The minimum absolute atomic E-state index is 0.109. The van der Waals surface area contributed by atoms with Crippen LogP contribution in [0.5, 0.6) is 0 Å². The second-order valence-electron chi connectivity index (χ2n) is 4.05. The lowest BCUT2D eigenvalue weighted by Crippen LogP contribution is -2.46. The van der Waals surface area contributed by atoms with E-state index in [4.69, 9.17) is 5.11 Å². The molecule has 5 heteroatoms. The molecule has 5 nitrogen and oxygen atoms in total. The molecule has 0 aromatic carbocycles. The number of carboxylic acid groups (broad SMARTS) is 1. The number of amides is 2. The van der Waals surface area contributed by atoms with Crippen molar-refractivity contribution >= 4 is 12.0 Å². The maximum Gasteiger partial charge on any atom is 0.323 e. The lowest BCUT2D eigenvalue weighted by Gasteiger charge is -2.25. The van der Waals surface area contributed by atoms with E-state index in [9.17, 15) is 9.59 Å². The standard InChI is InChI=1S/C11H22N2O3/c1-4-5-6-7-12-11(16)13(9(2)3)8-10(14)15/h9H,4-8H2,1-3H3,(H,12,16)(H,14,15). The van der Waals surface area contributed by atoms with Gasteiger partial charge in [0.1, 0.15) is 6.54 Å². The number of urea groups is 1. The number of rotatable bonds is 7. The van der Waals surface area contributed by atoms with Crippen molar-refractivity contribution in [3.8, 4) is 0 Å². The maximum atomic E-state index is 11.6. The van der Waals surface area contributed by atoms with E-state index in [1.54, 1.807) is 13.8 Å². The molecule has 0 fully saturated rings. The molecule has 0 aliphatic carbocycles. The van der Waals surface area contributed by atoms with Crippen molar-refractivity contribution in [2.24, 2.45) is 0 Å². The average Bonchev–Trinajstić information content (AvgIpc) is 2.20. The number of hydrogen-bond donors (Lipinski definition) is 2. The van der Waals surface area contributed by atoms with Crippen molar-refractivity contribution in [1.29, 1.82) is 0 Å². The average molecular weight is 230 g/mol. The Bertz CT molecular complexity index is 229. The maximum absolute atomic E-state index is 11.6. The molecule has 0 saturated carbocycles. The summed E-state index contributed by atoms with van der Waals surface area (Å²) in [6.07, 6.45) is 3.10. The number of aliphatic carboxylic acids is 1. The van der Waals surface area contributed by atoms with Gasteiger partial charge in [-0.25, -0.2) is 4.79 Å². The summed E-state index contributed by atoms with van der Waals surface area (Å²) in [5, 5.41) is 11.4. The predicted molar refractivity (Wildman–Crippen MR) is 62.4 cm³/mol. The van der Waals surface area contributed by atoms with Crippen molar-refractivity contribution in [3.05, 3.63) is 0 Å². The Labute approximate surface area is 96.8 Å². The van der Waals surface area contributed by atoms with E-state index in [2.05, 4.69) is 12.2 Å². The van der Waals surface area contributed by atoms with Crippen molar-refractivity contribution in [3.63, 3.8) is 0 Å². The molecule has 0 aromatic rings. The van der Waals surface area contributed by atoms with E-state index in [0.717, 1.165) is 19.3 Å². The van der Waals surface area contributed by atoms with Crippen LogP contribution < -0.4 is 5.32 Å². The number of carbonyl (C=O) groups excluding carboxylic acids is 1. The van der Waals surface area contributed by atoms with Gasteiger partial charge in [0, 0.05) is 12.6 Å². The Morgan fingerprint density at radius 2 is 1.94 bits per heavy atom. The number of nitrogens with zero attached hydrogens (tertiary/aromatic N) is 1. The van der Waals surface area contributed by atoms with Gasteiger partial charge in [0.05, 0.1) is 0 Å². The van der Waals surface area contributed by atoms with Gasteiger partial charge in [0.2, 0.25) is 0 Å². The molecule has 0 aliphatic rings. The van der Waals surface area contributed by atoms with Crippen LogP contribution in [0.25, 0.3) is 0 Å². The summed E-state index contributed by atoms with van der Waals surface area (Å²) < 4.78 is 0. The van der Waals surface area contributed by atoms with E-state index in [-0.39, 0.29) is 18.6 Å². The van der Waals surface area contributed by atoms with Crippen molar-refractivity contribution < 1.29 is 14.7 Å². The summed E-state index contributed by atoms with van der Waals surface area (Å²) in [7, 11) is 0. The Hall–Kier alpha value is -1.26. The van der Waals surface area contributed by atoms with Gasteiger partial charge in [0.25, 0.3) is 0 Å². The van der Waals surface area contributed by atoms with Crippen LogP contribution in [0.2, 0.25) is 0 Å². The van der Waals surface area contributed by atoms with E-state index < -0.39 is 5.97 Å². The summed E-state index contributed by atoms with van der Waals surface area (Å²) >= 11 is 0. The summed E-state index contributed by atoms with van der Waals surface area (Å²) in [4.78, 5) is 23.5. The lowest BCUT2D eigenvalue weighted by molar-refractivity contribution is -0.138. The minimum atomic E-state index is -0.989. The Balaban J connectivity index is 4.02. The molecule has 0 heterocycles. The molecule has 94 valence electrons. The van der Waals surface area contributed by atoms with Gasteiger partial charge >= 0.3 is 12.0 Å². The highest BCUT2D eigenvalue weighted by Crippen LogP contribution is 1.99. The summed E-state index contributed by atoms with van der Waals surface area (Å²) in [5.74, 6) is -0.989. The molecule has 0 bridgehead atoms. The zero-order valence-electron chi connectivity index (χ0n) is 10.3. The van der Waals surface area contributed by atoms with E-state index in [0.29, 0.717) is 6.54 Å². The zero-order chi connectivity index (χ0) is 12.6. The highest BCUT2D eigenvalue weighted by molar-refractivity contribution is 5.80. The van der Waals surface area contributed by atoms with E-state index >= 15 is 0 Å². The molecule has 0 saturated heterocycles. The largest absolute Gasteiger partial charge is 0.480 e. The molecule has 2 amide bonds. The van der Waals surface area contributed by atoms with Crippen LogP contribution in [0, 0.1) is 0 Å². The van der Waals surface area contributed by atoms with Crippen LogP contribution in [0.4, 0.5) is 4.79 Å². The predicted octanol–water partition coefficient (Wildman–Crippen LogP) is 1.68. The summed E-state index contributed by atoms with van der Waals surface area (Å²) in [6, 6.07) is -0.407. The van der Waals surface area contributed by atoms with Crippen LogP contribution in [0.1, 0.15) is 40.0 Å². The van der Waals surface area contributed by atoms with Crippen molar-refractivity contribution in [2.75, 3.05) is 13.1 Å². The molecule has 0 atom stereocenters. The molecule has 16 heavy (non-hydrogen) atoms. The van der Waals surface area contributed by atoms with Gasteiger partial charge in [0.15, 0.2) is 0 Å². The van der Waals surface area contributed by atoms with Gasteiger partial charge < -0.3 is 15.3 Å². The molecule has 0 rings (SSSR count). The fourth-order valence-electron chi connectivity index (χ4n) is 1.31. The SMILES string of the molecule is CCCCCNC(=O)N(CC(=O)O)C(C)C. The van der Waals surface area contributed by atoms with Gasteiger partial charge in [-0.15, -0.1) is 0 Å². The third kappa shape index (κ3) is 6.27. The van der Waals surface area contributed by atoms with E-state index in [1.165, 1.54) is 4.90 Å². The molecular formula is C11H22N2O3. The first kappa shape index (κ1) is 14.7. The van der Waals surface area contributed by atoms with Gasteiger partial charge in [-0.05, 0) is 20.3 Å². The fourth-order valence-corrected chi connectivity index (χ4v) is 1.31. The first-order chi connectivity index (χ1) is 7.49. The normalized spacial score (nSPS) is 10.2. The quantitative estimate of drug-likeness (QED) is 0.654.